The zero-order valence-corrected chi connectivity index (χ0v) is 14.4. The number of carbonyl (C=O) groups excluding carboxylic acids is 1. The molecule has 0 spiro atoms. The fraction of sp³-hybridized carbons (Fsp3) is 0.333. The van der Waals surface area contributed by atoms with Crippen LogP contribution in [-0.4, -0.2) is 31.9 Å². The molecule has 0 radical (unpaired) electrons. The minimum atomic E-state index is -0.213. The number of carbonyl (C=O) groups is 1. The molecule has 3 rings (SSSR count). The number of aryl methyl sites for hydroxylation is 2. The number of pyridine rings is 2. The van der Waals surface area contributed by atoms with Crippen LogP contribution >= 0.6 is 0 Å². The molecule has 0 aromatic carbocycles. The zero-order valence-electron chi connectivity index (χ0n) is 14.4. The molecule has 25 heavy (non-hydrogen) atoms. The summed E-state index contributed by atoms with van der Waals surface area (Å²) in [6.07, 6.45) is 6.19. The SMILES string of the molecule is Cc1cc(CCC[C@H](C)NC(=O)c2nc3ncccc3[nH]2)cnc1N. The lowest BCUT2D eigenvalue weighted by Gasteiger charge is -2.13. The van der Waals surface area contributed by atoms with Gasteiger partial charge in [-0.25, -0.2) is 15.0 Å². The first-order valence-corrected chi connectivity index (χ1v) is 8.35. The first kappa shape index (κ1) is 16.9. The maximum atomic E-state index is 12.3. The molecular formula is C18H22N6O. The molecule has 7 heteroatoms. The van der Waals surface area contributed by atoms with Crippen LogP contribution in [0.25, 0.3) is 11.2 Å². The molecule has 3 heterocycles. The number of nitrogens with two attached hydrogens (primary N) is 1. The van der Waals surface area contributed by atoms with Crippen molar-refractivity contribution in [3.05, 3.63) is 47.5 Å². The number of H-pyrrole nitrogens is 1. The van der Waals surface area contributed by atoms with Gasteiger partial charge in [0.05, 0.1) is 5.52 Å². The number of nitrogens with one attached hydrogen (secondary N) is 2. The molecule has 3 aromatic heterocycles. The summed E-state index contributed by atoms with van der Waals surface area (Å²) >= 11 is 0. The molecule has 0 aliphatic heterocycles. The van der Waals surface area contributed by atoms with Crippen LogP contribution in [0.4, 0.5) is 5.82 Å². The average molecular weight is 338 g/mol. The van der Waals surface area contributed by atoms with E-state index in [9.17, 15) is 4.79 Å². The number of nitrogens with zero attached hydrogens (tertiary/aromatic N) is 3. The van der Waals surface area contributed by atoms with Crippen LogP contribution in [0.5, 0.6) is 0 Å². The monoisotopic (exact) mass is 338 g/mol. The van der Waals surface area contributed by atoms with E-state index in [0.717, 1.165) is 35.9 Å². The minimum Gasteiger partial charge on any atom is -0.383 e. The minimum absolute atomic E-state index is 0.0523. The number of imidazole rings is 1. The van der Waals surface area contributed by atoms with Gasteiger partial charge >= 0.3 is 0 Å². The third-order valence-electron chi connectivity index (χ3n) is 4.13. The number of hydrogen-bond donors (Lipinski definition) is 3. The summed E-state index contributed by atoms with van der Waals surface area (Å²) in [4.78, 5) is 27.8. The number of fused-ring (bicyclic) bond motifs is 1. The third kappa shape index (κ3) is 4.12. The topological polar surface area (TPSA) is 110 Å². The normalized spacial score (nSPS) is 12.2. The molecule has 1 atom stereocenters. The Morgan fingerprint density at radius 2 is 2.24 bits per heavy atom. The van der Waals surface area contributed by atoms with Gasteiger partial charge in [-0.15, -0.1) is 0 Å². The Bertz CT molecular complexity index is 855. The Labute approximate surface area is 146 Å². The van der Waals surface area contributed by atoms with Crippen molar-refractivity contribution in [1.82, 2.24) is 25.3 Å². The van der Waals surface area contributed by atoms with Gasteiger partial charge in [-0.1, -0.05) is 6.07 Å². The van der Waals surface area contributed by atoms with Gasteiger partial charge in [-0.2, -0.15) is 0 Å². The van der Waals surface area contributed by atoms with Gasteiger partial charge in [-0.05, 0) is 56.4 Å². The summed E-state index contributed by atoms with van der Waals surface area (Å²) < 4.78 is 0. The second-order valence-corrected chi connectivity index (χ2v) is 6.27. The summed E-state index contributed by atoms with van der Waals surface area (Å²) in [6.45, 7) is 3.95. The predicted octanol–water partition coefficient (Wildman–Crippen LogP) is 2.38. The van der Waals surface area contributed by atoms with E-state index in [1.165, 1.54) is 0 Å². The van der Waals surface area contributed by atoms with E-state index in [2.05, 4.69) is 31.3 Å². The summed E-state index contributed by atoms with van der Waals surface area (Å²) in [5, 5.41) is 2.97. The number of hydrogen-bond acceptors (Lipinski definition) is 5. The van der Waals surface area contributed by atoms with Crippen LogP contribution < -0.4 is 11.1 Å². The lowest BCUT2D eigenvalue weighted by molar-refractivity contribution is 0.0929. The van der Waals surface area contributed by atoms with Crippen molar-refractivity contribution in [3.63, 3.8) is 0 Å². The highest BCUT2D eigenvalue weighted by Gasteiger charge is 2.14. The van der Waals surface area contributed by atoms with Crippen molar-refractivity contribution >= 4 is 22.9 Å². The van der Waals surface area contributed by atoms with Crippen LogP contribution in [0, 0.1) is 6.92 Å². The van der Waals surface area contributed by atoms with E-state index in [1.54, 1.807) is 12.3 Å². The maximum absolute atomic E-state index is 12.3. The number of anilines is 1. The molecule has 0 saturated carbocycles. The van der Waals surface area contributed by atoms with Crippen molar-refractivity contribution < 1.29 is 4.79 Å². The summed E-state index contributed by atoms with van der Waals surface area (Å²) in [6, 6.07) is 5.76. The third-order valence-corrected chi connectivity index (χ3v) is 4.13. The standard InChI is InChI=1S/C18H22N6O/c1-11-9-13(10-21-15(11)19)6-3-5-12(2)22-18(25)17-23-14-7-4-8-20-16(14)24-17/h4,7-10,12H,3,5-6H2,1-2H3,(H2,19,21)(H,22,25)(H,20,23,24)/t12-/m0/s1. The molecule has 130 valence electrons. The first-order chi connectivity index (χ1) is 12.0. The molecule has 0 saturated heterocycles. The number of nitrogen functional groups attached to an aromatic ring is 1. The van der Waals surface area contributed by atoms with Gasteiger partial charge < -0.3 is 16.0 Å². The highest BCUT2D eigenvalue weighted by atomic mass is 16.2. The Morgan fingerprint density at radius 3 is 3.00 bits per heavy atom. The highest BCUT2D eigenvalue weighted by molar-refractivity contribution is 5.93. The van der Waals surface area contributed by atoms with E-state index in [1.807, 2.05) is 26.1 Å². The van der Waals surface area contributed by atoms with Crippen molar-refractivity contribution in [2.24, 2.45) is 0 Å². The Morgan fingerprint density at radius 1 is 1.40 bits per heavy atom. The van der Waals surface area contributed by atoms with Crippen molar-refractivity contribution in [2.75, 3.05) is 5.73 Å². The average Bonchev–Trinajstić information content (AvgIpc) is 3.02. The van der Waals surface area contributed by atoms with Crippen LogP contribution in [0.1, 0.15) is 41.5 Å². The van der Waals surface area contributed by atoms with Crippen LogP contribution in [0.3, 0.4) is 0 Å². The van der Waals surface area contributed by atoms with E-state index in [0.29, 0.717) is 17.3 Å². The van der Waals surface area contributed by atoms with E-state index < -0.39 is 0 Å². The smallest absolute Gasteiger partial charge is 0.287 e. The Balaban J connectivity index is 1.50. The van der Waals surface area contributed by atoms with Crippen LogP contribution in [0.15, 0.2) is 30.6 Å². The number of aromatic nitrogens is 4. The lowest BCUT2D eigenvalue weighted by Crippen LogP contribution is -2.33. The van der Waals surface area contributed by atoms with Crippen molar-refractivity contribution in [2.45, 2.75) is 39.2 Å². The quantitative estimate of drug-likeness (QED) is 0.639. The molecule has 0 bridgehead atoms. The predicted molar refractivity (Wildman–Crippen MR) is 97.1 cm³/mol. The number of amides is 1. The number of rotatable bonds is 6. The van der Waals surface area contributed by atoms with E-state index in [-0.39, 0.29) is 11.9 Å². The fourth-order valence-electron chi connectivity index (χ4n) is 2.71. The van der Waals surface area contributed by atoms with Crippen molar-refractivity contribution in [1.29, 1.82) is 0 Å². The van der Waals surface area contributed by atoms with Gasteiger partial charge in [0.25, 0.3) is 5.91 Å². The van der Waals surface area contributed by atoms with Gasteiger partial charge in [-0.3, -0.25) is 4.79 Å². The molecule has 0 aliphatic rings. The van der Waals surface area contributed by atoms with Crippen LogP contribution in [0.2, 0.25) is 0 Å². The van der Waals surface area contributed by atoms with Crippen molar-refractivity contribution in [3.8, 4) is 0 Å². The molecule has 1 amide bonds. The van der Waals surface area contributed by atoms with Gasteiger partial charge in [0, 0.05) is 18.4 Å². The van der Waals surface area contributed by atoms with Gasteiger partial charge in [0.1, 0.15) is 5.82 Å². The molecule has 0 unspecified atom stereocenters. The molecule has 0 fully saturated rings. The lowest BCUT2D eigenvalue weighted by atomic mass is 10.1. The van der Waals surface area contributed by atoms with E-state index in [4.69, 9.17) is 5.73 Å². The summed E-state index contributed by atoms with van der Waals surface area (Å²) in [5.74, 6) is 0.652. The molecule has 7 nitrogen and oxygen atoms in total. The molecule has 0 aliphatic carbocycles. The van der Waals surface area contributed by atoms with Gasteiger partial charge in [0.15, 0.2) is 11.5 Å². The molecule has 4 N–H and O–H groups in total. The fourth-order valence-corrected chi connectivity index (χ4v) is 2.71. The highest BCUT2D eigenvalue weighted by Crippen LogP contribution is 2.12. The Hall–Kier alpha value is -2.96. The summed E-state index contributed by atoms with van der Waals surface area (Å²) in [7, 11) is 0. The largest absolute Gasteiger partial charge is 0.383 e. The Kier molecular flexibility index (Phi) is 4.92. The van der Waals surface area contributed by atoms with E-state index >= 15 is 0 Å². The summed E-state index contributed by atoms with van der Waals surface area (Å²) in [5.41, 5.74) is 9.19. The van der Waals surface area contributed by atoms with Gasteiger partial charge in [0.2, 0.25) is 0 Å². The maximum Gasteiger partial charge on any atom is 0.287 e. The second-order valence-electron chi connectivity index (χ2n) is 6.27. The van der Waals surface area contributed by atoms with Crippen LogP contribution in [-0.2, 0) is 6.42 Å². The second kappa shape index (κ2) is 7.29. The zero-order chi connectivity index (χ0) is 17.8. The number of aromatic amines is 1. The molecule has 3 aromatic rings. The molecular weight excluding hydrogens is 316 g/mol. The first-order valence-electron chi connectivity index (χ1n) is 8.35.